The van der Waals surface area contributed by atoms with Crippen LogP contribution in [0.4, 0.5) is 0 Å². The molecule has 3 atom stereocenters. The van der Waals surface area contributed by atoms with Crippen LogP contribution in [0.1, 0.15) is 38.7 Å². The average molecular weight is 309 g/mol. The summed E-state index contributed by atoms with van der Waals surface area (Å²) in [5, 5.41) is 2.15. The largest absolute Gasteiger partial charge is 0.318 e. The summed E-state index contributed by atoms with van der Waals surface area (Å²) in [6, 6.07) is 9.18. The summed E-state index contributed by atoms with van der Waals surface area (Å²) >= 11 is 0. The Bertz CT molecular complexity index is 928. The molecule has 0 amide bonds. The maximum Gasteiger partial charge on any atom is 0.237 e. The molecule has 0 radical (unpaired) electrons. The molecule has 0 aliphatic carbocycles. The van der Waals surface area contributed by atoms with Crippen LogP contribution in [0.5, 0.6) is 0 Å². The minimum atomic E-state index is -0.0736. The van der Waals surface area contributed by atoms with Crippen molar-refractivity contribution >= 4 is 24.3 Å². The van der Waals surface area contributed by atoms with Gasteiger partial charge in [-0.1, -0.05) is 13.8 Å². The lowest BCUT2D eigenvalue weighted by molar-refractivity contribution is -0.722. The second-order valence-electron chi connectivity index (χ2n) is 6.94. The molecular weight excluding hydrogens is 287 g/mol. The summed E-state index contributed by atoms with van der Waals surface area (Å²) in [4.78, 5) is 0. The maximum absolute atomic E-state index is 2.65. The van der Waals surface area contributed by atoms with Gasteiger partial charge in [0.1, 0.15) is 5.52 Å². The minimum Gasteiger partial charge on any atom is -0.318 e. The summed E-state index contributed by atoms with van der Waals surface area (Å²) in [5.74, 6) is 0. The Labute approximate surface area is 132 Å². The van der Waals surface area contributed by atoms with E-state index in [1.165, 1.54) is 35.7 Å². The molecule has 2 bridgehead atoms. The van der Waals surface area contributed by atoms with E-state index in [1.807, 2.05) is 0 Å². The lowest BCUT2D eigenvalue weighted by Crippen LogP contribution is -2.64. The quantitative estimate of drug-likeness (QED) is 0.484. The van der Waals surface area contributed by atoms with Gasteiger partial charge >= 0.3 is 0 Å². The molecule has 6 rings (SSSR count). The van der Waals surface area contributed by atoms with E-state index >= 15 is 0 Å². The zero-order valence-corrected chi connectivity index (χ0v) is 14.4. The van der Waals surface area contributed by atoms with Gasteiger partial charge in [0, 0.05) is 36.5 Å². The molecule has 6 heterocycles. The Morgan fingerprint density at radius 3 is 2.73 bits per heavy atom. The molecule has 1 fully saturated rings. The number of nitrogens with zero attached hydrogens (tertiary/aromatic N) is 2. The normalized spacial score (nSPS) is 32.4. The fourth-order valence-electron chi connectivity index (χ4n) is 5.24. The molecule has 0 spiro atoms. The fraction of sp³-hybridized carbons (Fsp3) is 0.421. The Balaban J connectivity index is 2.05. The molecule has 1 saturated heterocycles. The standard InChI is InChI=1S/C19H22N2P/c1-4-18-13-19(5-2,22(18)3)21-10-6-7-14-8-11-20-12-9-15(18)17(20)16(14)21/h6-12H,4-5,13H2,1-3H3/q+1. The number of pyridine rings is 2. The minimum absolute atomic E-state index is 0.0736. The SMILES string of the molecule is CCC12CC(CC)([n+]3cccc4ccn5ccc1c5c43)P2C. The van der Waals surface area contributed by atoms with Crippen LogP contribution in [-0.4, -0.2) is 11.1 Å². The molecule has 0 N–H and O–H groups in total. The highest BCUT2D eigenvalue weighted by atomic mass is 31.1. The zero-order chi connectivity index (χ0) is 15.1. The summed E-state index contributed by atoms with van der Waals surface area (Å²) in [7, 11) is -0.0736. The molecule has 22 heavy (non-hydrogen) atoms. The first kappa shape index (κ1) is 13.1. The van der Waals surface area contributed by atoms with Gasteiger partial charge in [0.15, 0.2) is 11.5 Å². The third kappa shape index (κ3) is 1.16. The summed E-state index contributed by atoms with van der Waals surface area (Å²) < 4.78 is 4.99. The Kier molecular flexibility index (Phi) is 2.33. The van der Waals surface area contributed by atoms with Crippen molar-refractivity contribution < 1.29 is 4.57 Å². The predicted molar refractivity (Wildman–Crippen MR) is 92.8 cm³/mol. The van der Waals surface area contributed by atoms with Gasteiger partial charge in [-0.25, -0.2) is 0 Å². The fourth-order valence-corrected chi connectivity index (χ4v) is 8.75. The lowest BCUT2D eigenvalue weighted by Gasteiger charge is -2.56. The van der Waals surface area contributed by atoms with E-state index in [4.69, 9.17) is 0 Å². The van der Waals surface area contributed by atoms with Gasteiger partial charge in [0.2, 0.25) is 5.52 Å². The van der Waals surface area contributed by atoms with Gasteiger partial charge in [-0.3, -0.25) is 0 Å². The van der Waals surface area contributed by atoms with Crippen molar-refractivity contribution in [3.05, 3.63) is 48.4 Å². The van der Waals surface area contributed by atoms with Crippen molar-refractivity contribution in [1.82, 2.24) is 4.40 Å². The predicted octanol–water partition coefficient (Wildman–Crippen LogP) is 4.58. The van der Waals surface area contributed by atoms with Crippen molar-refractivity contribution in [3.63, 3.8) is 0 Å². The van der Waals surface area contributed by atoms with Crippen molar-refractivity contribution in [2.45, 2.75) is 43.5 Å². The van der Waals surface area contributed by atoms with Gasteiger partial charge in [-0.05, 0) is 44.8 Å². The molecule has 2 nitrogen and oxygen atoms in total. The second-order valence-corrected chi connectivity index (χ2v) is 9.75. The molecule has 3 aromatic rings. The topological polar surface area (TPSA) is 8.29 Å². The van der Waals surface area contributed by atoms with Crippen molar-refractivity contribution in [3.8, 4) is 0 Å². The highest BCUT2D eigenvalue weighted by molar-refractivity contribution is 7.60. The number of hydrogen-bond acceptors (Lipinski definition) is 0. The van der Waals surface area contributed by atoms with E-state index < -0.39 is 0 Å². The number of hydrogen-bond donors (Lipinski definition) is 0. The van der Waals surface area contributed by atoms with E-state index in [0.717, 1.165) is 0 Å². The van der Waals surface area contributed by atoms with Crippen LogP contribution < -0.4 is 4.57 Å². The highest BCUT2D eigenvalue weighted by Gasteiger charge is 2.68. The van der Waals surface area contributed by atoms with Gasteiger partial charge in [-0.2, -0.15) is 4.57 Å². The Morgan fingerprint density at radius 2 is 2.00 bits per heavy atom. The maximum atomic E-state index is 2.65. The molecule has 3 aromatic heterocycles. The average Bonchev–Trinajstić information content (AvgIpc) is 2.92. The van der Waals surface area contributed by atoms with Crippen LogP contribution in [0.2, 0.25) is 0 Å². The van der Waals surface area contributed by atoms with Gasteiger partial charge in [0.25, 0.3) is 0 Å². The Morgan fingerprint density at radius 1 is 1.18 bits per heavy atom. The third-order valence-electron chi connectivity index (χ3n) is 6.52. The first-order chi connectivity index (χ1) is 10.7. The van der Waals surface area contributed by atoms with E-state index in [0.29, 0.717) is 10.4 Å². The molecule has 3 aliphatic rings. The highest BCUT2D eigenvalue weighted by Crippen LogP contribution is 2.80. The van der Waals surface area contributed by atoms with Crippen LogP contribution in [0.25, 0.3) is 16.4 Å². The molecule has 0 saturated carbocycles. The van der Waals surface area contributed by atoms with Crippen molar-refractivity contribution in [2.24, 2.45) is 0 Å². The van der Waals surface area contributed by atoms with E-state index in [9.17, 15) is 0 Å². The lowest BCUT2D eigenvalue weighted by atomic mass is 9.87. The molecule has 0 aromatic carbocycles. The second kappa shape index (κ2) is 3.92. The van der Waals surface area contributed by atoms with E-state index in [2.05, 4.69) is 72.3 Å². The van der Waals surface area contributed by atoms with Crippen LogP contribution in [-0.2, 0) is 10.4 Å². The van der Waals surface area contributed by atoms with Gasteiger partial charge < -0.3 is 4.40 Å². The molecule has 3 unspecified atom stereocenters. The molecule has 3 heteroatoms. The number of aromatic nitrogens is 2. The summed E-state index contributed by atoms with van der Waals surface area (Å²) in [6.07, 6.45) is 10.7. The van der Waals surface area contributed by atoms with Crippen LogP contribution in [0, 0.1) is 0 Å². The van der Waals surface area contributed by atoms with Gasteiger partial charge in [0.05, 0.1) is 5.39 Å². The smallest absolute Gasteiger partial charge is 0.237 e. The summed E-state index contributed by atoms with van der Waals surface area (Å²) in [5.41, 5.74) is 4.52. The molecule has 3 aliphatic heterocycles. The van der Waals surface area contributed by atoms with E-state index in [-0.39, 0.29) is 7.92 Å². The Hall–Kier alpha value is -1.40. The first-order valence-electron chi connectivity index (χ1n) is 8.37. The number of rotatable bonds is 2. The van der Waals surface area contributed by atoms with Crippen LogP contribution in [0.15, 0.2) is 42.9 Å². The molecular formula is C19H22N2P+. The van der Waals surface area contributed by atoms with E-state index in [1.54, 1.807) is 5.56 Å². The zero-order valence-electron chi connectivity index (χ0n) is 13.5. The third-order valence-corrected chi connectivity index (χ3v) is 10.5. The van der Waals surface area contributed by atoms with Crippen LogP contribution in [0.3, 0.4) is 0 Å². The molecule has 112 valence electrons. The first-order valence-corrected chi connectivity index (χ1v) is 10.2. The van der Waals surface area contributed by atoms with Crippen LogP contribution >= 0.6 is 7.92 Å². The van der Waals surface area contributed by atoms with Crippen molar-refractivity contribution in [1.29, 1.82) is 0 Å². The van der Waals surface area contributed by atoms with Crippen molar-refractivity contribution in [2.75, 3.05) is 6.66 Å². The van der Waals surface area contributed by atoms with Gasteiger partial charge in [-0.15, -0.1) is 0 Å². The summed E-state index contributed by atoms with van der Waals surface area (Å²) in [6.45, 7) is 7.32. The monoisotopic (exact) mass is 309 g/mol.